The second-order valence-electron chi connectivity index (χ2n) is 10.2. The largest absolute Gasteiger partial charge is 0.345 e. The monoisotopic (exact) mass is 532 g/mol. The predicted molar refractivity (Wildman–Crippen MR) is 143 cm³/mol. The number of hydrogen-bond donors (Lipinski definition) is 1. The number of benzene rings is 1. The molecule has 2 amide bonds. The molecular weight excluding hydrogens is 496 g/mol. The van der Waals surface area contributed by atoms with Crippen LogP contribution in [0.1, 0.15) is 71.2 Å². The number of nitrogens with zero attached hydrogens (tertiary/aromatic N) is 3. The van der Waals surface area contributed by atoms with E-state index in [4.69, 9.17) is 0 Å². The molecule has 0 spiro atoms. The van der Waals surface area contributed by atoms with Crippen LogP contribution in [-0.4, -0.2) is 73.6 Å². The molecule has 4 rings (SSSR count). The molecule has 0 radical (unpaired) electrons. The predicted octanol–water partition coefficient (Wildman–Crippen LogP) is 4.03. The van der Waals surface area contributed by atoms with E-state index >= 15 is 0 Å². The van der Waals surface area contributed by atoms with E-state index in [0.29, 0.717) is 28.7 Å². The van der Waals surface area contributed by atoms with Crippen molar-refractivity contribution in [3.8, 4) is 0 Å². The first-order chi connectivity index (χ1) is 17.0. The number of hydrogen-bond acceptors (Lipinski definition) is 6. The minimum Gasteiger partial charge on any atom is -0.345 e. The van der Waals surface area contributed by atoms with Crippen LogP contribution in [0.3, 0.4) is 0 Å². The first-order valence-electron chi connectivity index (χ1n) is 12.5. The minimum atomic E-state index is -3.61. The molecule has 0 aliphatic carbocycles. The number of amides is 2. The second kappa shape index (κ2) is 10.6. The van der Waals surface area contributed by atoms with Gasteiger partial charge < -0.3 is 10.2 Å². The van der Waals surface area contributed by atoms with Gasteiger partial charge in [0.15, 0.2) is 0 Å². The molecule has 1 saturated heterocycles. The molecular formula is C26H36N4O4S2. The summed E-state index contributed by atoms with van der Waals surface area (Å²) in [5.41, 5.74) is 1.93. The van der Waals surface area contributed by atoms with Gasteiger partial charge in [0, 0.05) is 56.3 Å². The van der Waals surface area contributed by atoms with Crippen molar-refractivity contribution in [2.45, 2.75) is 70.0 Å². The molecule has 8 nitrogen and oxygen atoms in total. The SMILES string of the molecule is CC(C)N1CCc2c(sc(NC(=O)c3ccc(S(=O)(=O)N4CCCCC4C)cc3)c2C(=O)N(C)C)C1. The summed E-state index contributed by atoms with van der Waals surface area (Å²) in [6.45, 7) is 8.39. The molecule has 2 aliphatic rings. The van der Waals surface area contributed by atoms with Crippen LogP contribution in [0.2, 0.25) is 0 Å². The highest BCUT2D eigenvalue weighted by atomic mass is 32.2. The highest BCUT2D eigenvalue weighted by Gasteiger charge is 2.32. The molecule has 2 aromatic rings. The van der Waals surface area contributed by atoms with Gasteiger partial charge >= 0.3 is 0 Å². The molecule has 1 aromatic heterocycles. The van der Waals surface area contributed by atoms with Gasteiger partial charge in [-0.05, 0) is 69.9 Å². The Morgan fingerprint density at radius 2 is 1.81 bits per heavy atom. The third-order valence-corrected chi connectivity index (χ3v) is 10.3. The Kier molecular flexibility index (Phi) is 7.89. The Morgan fingerprint density at radius 3 is 2.42 bits per heavy atom. The molecule has 3 heterocycles. The van der Waals surface area contributed by atoms with Crippen LogP contribution in [0.25, 0.3) is 0 Å². The molecule has 1 N–H and O–H groups in total. The molecule has 2 aliphatic heterocycles. The topological polar surface area (TPSA) is 90.0 Å². The zero-order valence-electron chi connectivity index (χ0n) is 21.7. The van der Waals surface area contributed by atoms with Crippen LogP contribution in [0.4, 0.5) is 5.00 Å². The summed E-state index contributed by atoms with van der Waals surface area (Å²) in [6.07, 6.45) is 3.51. The standard InChI is InChI=1S/C26H36N4O4S2/c1-17(2)29-15-13-21-22(16-29)35-25(23(21)26(32)28(4)5)27-24(31)19-9-11-20(12-10-19)36(33,34)30-14-7-6-8-18(30)3/h9-12,17-18H,6-8,13-16H2,1-5H3,(H,27,31). The molecule has 1 aromatic carbocycles. The molecule has 10 heteroatoms. The van der Waals surface area contributed by atoms with Crippen molar-refractivity contribution in [1.82, 2.24) is 14.1 Å². The summed E-state index contributed by atoms with van der Waals surface area (Å²) in [4.78, 5) is 31.4. The lowest BCUT2D eigenvalue weighted by atomic mass is 10.0. The Morgan fingerprint density at radius 1 is 1.11 bits per heavy atom. The van der Waals surface area contributed by atoms with E-state index in [2.05, 4.69) is 24.1 Å². The van der Waals surface area contributed by atoms with E-state index in [-0.39, 0.29) is 22.8 Å². The maximum Gasteiger partial charge on any atom is 0.256 e. The smallest absolute Gasteiger partial charge is 0.256 e. The molecule has 0 saturated carbocycles. The molecule has 1 atom stereocenters. The molecule has 36 heavy (non-hydrogen) atoms. The van der Waals surface area contributed by atoms with Crippen molar-refractivity contribution < 1.29 is 18.0 Å². The van der Waals surface area contributed by atoms with Gasteiger partial charge in [-0.2, -0.15) is 4.31 Å². The maximum absolute atomic E-state index is 13.2. The molecule has 196 valence electrons. The van der Waals surface area contributed by atoms with E-state index < -0.39 is 10.0 Å². The number of carbonyl (C=O) groups is 2. The lowest BCUT2D eigenvalue weighted by molar-refractivity contribution is 0.0827. The molecule has 1 fully saturated rings. The maximum atomic E-state index is 13.2. The van der Waals surface area contributed by atoms with Crippen molar-refractivity contribution in [2.75, 3.05) is 32.5 Å². The lowest BCUT2D eigenvalue weighted by Gasteiger charge is -2.32. The van der Waals surface area contributed by atoms with Gasteiger partial charge in [0.25, 0.3) is 11.8 Å². The number of piperidine rings is 1. The molecule has 0 bridgehead atoms. The Labute approximate surface area is 218 Å². The van der Waals surface area contributed by atoms with Crippen LogP contribution in [-0.2, 0) is 23.0 Å². The van der Waals surface area contributed by atoms with Crippen molar-refractivity contribution >= 4 is 38.2 Å². The number of anilines is 1. The van der Waals surface area contributed by atoms with E-state index in [1.165, 1.54) is 40.5 Å². The van der Waals surface area contributed by atoms with Crippen molar-refractivity contribution in [2.24, 2.45) is 0 Å². The number of nitrogens with one attached hydrogen (secondary N) is 1. The van der Waals surface area contributed by atoms with Crippen LogP contribution in [0.15, 0.2) is 29.2 Å². The lowest BCUT2D eigenvalue weighted by Crippen LogP contribution is -2.41. The average Bonchev–Trinajstić information content (AvgIpc) is 3.20. The Bertz CT molecular complexity index is 1240. The fourth-order valence-corrected chi connectivity index (χ4v) is 7.88. The minimum absolute atomic E-state index is 0.0316. The fourth-order valence-electron chi connectivity index (χ4n) is 4.92. The molecule has 1 unspecified atom stereocenters. The number of fused-ring (bicyclic) bond motifs is 1. The summed E-state index contributed by atoms with van der Waals surface area (Å²) in [6, 6.07) is 6.44. The van der Waals surface area contributed by atoms with Crippen LogP contribution in [0.5, 0.6) is 0 Å². The third kappa shape index (κ3) is 5.22. The summed E-state index contributed by atoms with van der Waals surface area (Å²) in [7, 11) is -0.182. The number of rotatable bonds is 6. The average molecular weight is 533 g/mol. The zero-order valence-corrected chi connectivity index (χ0v) is 23.3. The summed E-state index contributed by atoms with van der Waals surface area (Å²) < 4.78 is 27.8. The zero-order chi connectivity index (χ0) is 26.2. The van der Waals surface area contributed by atoms with E-state index in [9.17, 15) is 18.0 Å². The van der Waals surface area contributed by atoms with Crippen LogP contribution < -0.4 is 5.32 Å². The normalized spacial score (nSPS) is 19.2. The number of thiophene rings is 1. The highest BCUT2D eigenvalue weighted by molar-refractivity contribution is 7.89. The Balaban J connectivity index is 1.58. The summed E-state index contributed by atoms with van der Waals surface area (Å²) in [5.74, 6) is -0.490. The Hall–Kier alpha value is -2.27. The summed E-state index contributed by atoms with van der Waals surface area (Å²) >= 11 is 1.45. The fraction of sp³-hybridized carbons (Fsp3) is 0.538. The van der Waals surface area contributed by atoms with Crippen molar-refractivity contribution in [3.63, 3.8) is 0 Å². The third-order valence-electron chi connectivity index (χ3n) is 7.13. The first-order valence-corrected chi connectivity index (χ1v) is 14.8. The quantitative estimate of drug-likeness (QED) is 0.607. The first kappa shape index (κ1) is 26.8. The van der Waals surface area contributed by atoms with Gasteiger partial charge in [0.1, 0.15) is 5.00 Å². The van der Waals surface area contributed by atoms with Gasteiger partial charge in [-0.1, -0.05) is 6.42 Å². The van der Waals surface area contributed by atoms with Crippen molar-refractivity contribution in [1.29, 1.82) is 0 Å². The number of sulfonamides is 1. The van der Waals surface area contributed by atoms with E-state index in [0.717, 1.165) is 49.2 Å². The van der Waals surface area contributed by atoms with E-state index in [1.54, 1.807) is 18.4 Å². The second-order valence-corrected chi connectivity index (χ2v) is 13.2. The van der Waals surface area contributed by atoms with Crippen molar-refractivity contribution in [3.05, 3.63) is 45.8 Å². The van der Waals surface area contributed by atoms with Crippen LogP contribution in [0, 0.1) is 0 Å². The summed E-state index contributed by atoms with van der Waals surface area (Å²) in [5, 5.41) is 3.50. The van der Waals surface area contributed by atoms with Crippen LogP contribution >= 0.6 is 11.3 Å². The van der Waals surface area contributed by atoms with Gasteiger partial charge in [-0.15, -0.1) is 11.3 Å². The van der Waals surface area contributed by atoms with E-state index in [1.807, 2.05) is 6.92 Å². The number of carbonyl (C=O) groups excluding carboxylic acids is 2. The highest BCUT2D eigenvalue weighted by Crippen LogP contribution is 2.38. The van der Waals surface area contributed by atoms with Gasteiger partial charge in [0.05, 0.1) is 10.5 Å². The van der Waals surface area contributed by atoms with Gasteiger partial charge in [-0.3, -0.25) is 14.5 Å². The van der Waals surface area contributed by atoms with Gasteiger partial charge in [0.2, 0.25) is 10.0 Å². The van der Waals surface area contributed by atoms with Gasteiger partial charge in [-0.25, -0.2) is 8.42 Å².